The van der Waals surface area contributed by atoms with Crippen molar-refractivity contribution in [1.82, 2.24) is 19.8 Å². The molecule has 0 radical (unpaired) electrons. The van der Waals surface area contributed by atoms with Gasteiger partial charge in [-0.2, -0.15) is 0 Å². The van der Waals surface area contributed by atoms with Gasteiger partial charge in [-0.1, -0.05) is 65.0 Å². The molecule has 1 unspecified atom stereocenters. The van der Waals surface area contributed by atoms with Gasteiger partial charge in [-0.05, 0) is 24.2 Å². The Hall–Kier alpha value is -2.14. The number of imidazole rings is 1. The van der Waals surface area contributed by atoms with Crippen molar-refractivity contribution in [3.8, 4) is 11.4 Å². The van der Waals surface area contributed by atoms with Crippen LogP contribution in [-0.4, -0.2) is 39.0 Å². The molecule has 156 valence electrons. The summed E-state index contributed by atoms with van der Waals surface area (Å²) in [5, 5.41) is 3.31. The zero-order valence-electron chi connectivity index (χ0n) is 18.4. The summed E-state index contributed by atoms with van der Waals surface area (Å²) in [5.41, 5.74) is 2.73. The van der Waals surface area contributed by atoms with Crippen LogP contribution in [0.5, 0.6) is 0 Å². The molecule has 1 fully saturated rings. The lowest BCUT2D eigenvalue weighted by Gasteiger charge is -2.34. The number of hydrogen-bond acceptors (Lipinski definition) is 3. The molecular formula is C24H34N4O. The minimum Gasteiger partial charge on any atom is -0.347 e. The molecule has 1 amide bonds. The van der Waals surface area contributed by atoms with Crippen LogP contribution in [0.25, 0.3) is 11.4 Å². The number of carbonyl (C=O) groups excluding carboxylic acids is 1. The summed E-state index contributed by atoms with van der Waals surface area (Å²) in [4.78, 5) is 20.8. The zero-order valence-corrected chi connectivity index (χ0v) is 18.4. The molecule has 5 heteroatoms. The maximum absolute atomic E-state index is 13.4. The molecule has 1 aromatic carbocycles. The number of amides is 1. The third kappa shape index (κ3) is 4.11. The van der Waals surface area contributed by atoms with Crippen LogP contribution < -0.4 is 5.32 Å². The first-order valence-corrected chi connectivity index (χ1v) is 11.0. The second-order valence-corrected chi connectivity index (χ2v) is 10.0. The molecule has 0 spiro atoms. The number of rotatable bonds is 5. The van der Waals surface area contributed by atoms with Crippen LogP contribution in [-0.2, 0) is 13.1 Å². The van der Waals surface area contributed by atoms with Gasteiger partial charge in [0.1, 0.15) is 5.82 Å². The molecule has 2 aliphatic rings. The lowest BCUT2D eigenvalue weighted by molar-refractivity contribution is 0.0865. The lowest BCUT2D eigenvalue weighted by atomic mass is 9.80. The van der Waals surface area contributed by atoms with Gasteiger partial charge in [-0.15, -0.1) is 0 Å². The number of nitrogens with one attached hydrogen (secondary N) is 1. The van der Waals surface area contributed by atoms with Crippen molar-refractivity contribution in [3.63, 3.8) is 0 Å². The van der Waals surface area contributed by atoms with Crippen LogP contribution in [0.1, 0.15) is 63.6 Å². The highest BCUT2D eigenvalue weighted by Crippen LogP contribution is 2.33. The molecule has 4 rings (SSSR count). The summed E-state index contributed by atoms with van der Waals surface area (Å²) >= 11 is 0. The monoisotopic (exact) mass is 394 g/mol. The summed E-state index contributed by atoms with van der Waals surface area (Å²) in [6.45, 7) is 13.6. The van der Waals surface area contributed by atoms with Gasteiger partial charge in [0.2, 0.25) is 0 Å². The average Bonchev–Trinajstić information content (AvgIpc) is 3.46. The summed E-state index contributed by atoms with van der Waals surface area (Å²) in [7, 11) is 0. The van der Waals surface area contributed by atoms with Gasteiger partial charge in [0, 0.05) is 37.3 Å². The van der Waals surface area contributed by atoms with Crippen molar-refractivity contribution in [1.29, 1.82) is 0 Å². The standard InChI is InChI=1S/C24H34N4O/c1-16(2)21(24(3,4)5)26-23(29)20-19-15-27(18-11-12-18)13-14-28(19)22(25-20)17-9-7-6-8-10-17/h6-10,16,18,21H,11-15H2,1-5H3,(H,26,29). The number of carbonyl (C=O) groups is 1. The predicted octanol–water partition coefficient (Wildman–Crippen LogP) is 4.33. The van der Waals surface area contributed by atoms with E-state index in [1.54, 1.807) is 0 Å². The third-order valence-electron chi connectivity index (χ3n) is 6.23. The highest BCUT2D eigenvalue weighted by molar-refractivity contribution is 5.94. The van der Waals surface area contributed by atoms with Gasteiger partial charge >= 0.3 is 0 Å². The van der Waals surface area contributed by atoms with Crippen LogP contribution in [0.2, 0.25) is 0 Å². The summed E-state index contributed by atoms with van der Waals surface area (Å²) in [6.07, 6.45) is 2.56. The fourth-order valence-electron chi connectivity index (χ4n) is 4.72. The smallest absolute Gasteiger partial charge is 0.272 e. The second kappa shape index (κ2) is 7.60. The van der Waals surface area contributed by atoms with E-state index < -0.39 is 0 Å². The largest absolute Gasteiger partial charge is 0.347 e. The molecule has 1 aliphatic heterocycles. The number of fused-ring (bicyclic) bond motifs is 1. The van der Waals surface area contributed by atoms with E-state index in [9.17, 15) is 4.79 Å². The topological polar surface area (TPSA) is 50.2 Å². The Labute approximate surface area is 174 Å². The molecule has 5 nitrogen and oxygen atoms in total. The number of nitrogens with zero attached hydrogens (tertiary/aromatic N) is 3. The molecule has 1 saturated carbocycles. The molecule has 0 saturated heterocycles. The van der Waals surface area contributed by atoms with Gasteiger partial charge in [-0.25, -0.2) is 4.98 Å². The molecule has 1 atom stereocenters. The lowest BCUT2D eigenvalue weighted by Crippen LogP contribution is -2.47. The van der Waals surface area contributed by atoms with E-state index in [-0.39, 0.29) is 17.4 Å². The Kier molecular flexibility index (Phi) is 5.28. The van der Waals surface area contributed by atoms with E-state index in [0.29, 0.717) is 17.7 Å². The highest BCUT2D eigenvalue weighted by Gasteiger charge is 2.36. The molecule has 2 heterocycles. The first kappa shape index (κ1) is 20.1. The maximum atomic E-state index is 13.4. The molecule has 2 aromatic rings. The fourth-order valence-corrected chi connectivity index (χ4v) is 4.72. The SMILES string of the molecule is CC(C)C(NC(=O)c1nc(-c2ccccc2)n2c1CN(C1CC1)CC2)C(C)(C)C. The van der Waals surface area contributed by atoms with E-state index >= 15 is 0 Å². The number of aromatic nitrogens is 2. The highest BCUT2D eigenvalue weighted by atomic mass is 16.2. The van der Waals surface area contributed by atoms with E-state index in [1.165, 1.54) is 12.8 Å². The van der Waals surface area contributed by atoms with E-state index in [4.69, 9.17) is 4.98 Å². The average molecular weight is 395 g/mol. The zero-order chi connectivity index (χ0) is 20.8. The summed E-state index contributed by atoms with van der Waals surface area (Å²) in [5.74, 6) is 1.23. The Balaban J connectivity index is 1.70. The fraction of sp³-hybridized carbons (Fsp3) is 0.583. The van der Waals surface area contributed by atoms with E-state index in [1.807, 2.05) is 18.2 Å². The van der Waals surface area contributed by atoms with Gasteiger partial charge in [-0.3, -0.25) is 9.69 Å². The Morgan fingerprint density at radius 2 is 1.83 bits per heavy atom. The van der Waals surface area contributed by atoms with Gasteiger partial charge in [0.15, 0.2) is 5.69 Å². The van der Waals surface area contributed by atoms with Gasteiger partial charge < -0.3 is 9.88 Å². The van der Waals surface area contributed by atoms with Crippen LogP contribution in [0, 0.1) is 11.3 Å². The van der Waals surface area contributed by atoms with Crippen molar-refractivity contribution in [2.24, 2.45) is 11.3 Å². The molecule has 29 heavy (non-hydrogen) atoms. The van der Waals surface area contributed by atoms with E-state index in [2.05, 4.69) is 61.5 Å². The molecular weight excluding hydrogens is 360 g/mol. The number of benzene rings is 1. The van der Waals surface area contributed by atoms with Gasteiger partial charge in [0.25, 0.3) is 5.91 Å². The van der Waals surface area contributed by atoms with Crippen molar-refractivity contribution in [2.45, 2.75) is 72.6 Å². The normalized spacial score (nSPS) is 18.6. The Morgan fingerprint density at radius 3 is 2.41 bits per heavy atom. The Morgan fingerprint density at radius 1 is 1.14 bits per heavy atom. The molecule has 1 aliphatic carbocycles. The minimum atomic E-state index is -0.0396. The first-order valence-electron chi connectivity index (χ1n) is 11.0. The molecule has 0 bridgehead atoms. The Bertz CT molecular complexity index is 874. The van der Waals surface area contributed by atoms with Crippen LogP contribution in [0.15, 0.2) is 30.3 Å². The van der Waals surface area contributed by atoms with Crippen molar-refractivity contribution in [3.05, 3.63) is 41.7 Å². The minimum absolute atomic E-state index is 0.00800. The molecule has 1 aromatic heterocycles. The predicted molar refractivity (Wildman–Crippen MR) is 117 cm³/mol. The van der Waals surface area contributed by atoms with E-state index in [0.717, 1.165) is 36.7 Å². The first-order chi connectivity index (χ1) is 13.8. The summed E-state index contributed by atoms with van der Waals surface area (Å²) in [6, 6.07) is 11.0. The quantitative estimate of drug-likeness (QED) is 0.821. The van der Waals surface area contributed by atoms with Crippen molar-refractivity contribution < 1.29 is 4.79 Å². The maximum Gasteiger partial charge on any atom is 0.272 e. The van der Waals surface area contributed by atoms with Crippen molar-refractivity contribution in [2.75, 3.05) is 6.54 Å². The van der Waals surface area contributed by atoms with Gasteiger partial charge in [0.05, 0.1) is 5.69 Å². The molecule has 1 N–H and O–H groups in total. The summed E-state index contributed by atoms with van der Waals surface area (Å²) < 4.78 is 2.27. The van der Waals surface area contributed by atoms with Crippen LogP contribution >= 0.6 is 0 Å². The van der Waals surface area contributed by atoms with Crippen LogP contribution in [0.3, 0.4) is 0 Å². The second-order valence-electron chi connectivity index (χ2n) is 10.0. The number of hydrogen-bond donors (Lipinski definition) is 1. The third-order valence-corrected chi connectivity index (χ3v) is 6.23. The van der Waals surface area contributed by atoms with Crippen molar-refractivity contribution >= 4 is 5.91 Å². The van der Waals surface area contributed by atoms with Crippen LogP contribution in [0.4, 0.5) is 0 Å².